The first kappa shape index (κ1) is 33.3. The molecule has 1 aromatic carbocycles. The maximum absolute atomic E-state index is 6.16. The monoisotopic (exact) mass is 516 g/mol. The molecule has 0 spiro atoms. The Bertz CT molecular complexity index is 707. The molecule has 7 heteroatoms. The number of ether oxygens (including phenoxy) is 1. The van der Waals surface area contributed by atoms with Gasteiger partial charge in [0.25, 0.3) is 0 Å². The Morgan fingerprint density at radius 3 is 1.73 bits per heavy atom. The molecule has 0 radical (unpaired) electrons. The molecule has 0 aromatic heterocycles. The quantitative estimate of drug-likeness (QED) is 0.0920. The van der Waals surface area contributed by atoms with Crippen LogP contribution in [0.4, 0.5) is 0 Å². The normalized spacial score (nSPS) is 11.6. The fourth-order valence-corrected chi connectivity index (χ4v) is 3.83. The molecule has 0 bridgehead atoms. The Labute approximate surface area is 227 Å². The number of rotatable bonds is 24. The lowest BCUT2D eigenvalue weighted by atomic mass is 10.1. The highest BCUT2D eigenvalue weighted by Gasteiger charge is 2.03. The molecule has 0 atom stereocenters. The van der Waals surface area contributed by atoms with Crippen molar-refractivity contribution in [3.63, 3.8) is 0 Å². The van der Waals surface area contributed by atoms with E-state index >= 15 is 0 Å². The molecule has 37 heavy (non-hydrogen) atoms. The van der Waals surface area contributed by atoms with Gasteiger partial charge in [-0.05, 0) is 141 Å². The first-order valence-corrected chi connectivity index (χ1v) is 14.3. The molecule has 0 saturated carbocycles. The zero-order valence-corrected chi connectivity index (χ0v) is 24.0. The van der Waals surface area contributed by atoms with Gasteiger partial charge in [0, 0.05) is 13.1 Å². The minimum absolute atomic E-state index is 0.605. The fraction of sp³-hybridized carbons (Fsp3) is 0.667. The van der Waals surface area contributed by atoms with E-state index in [-0.39, 0.29) is 0 Å². The van der Waals surface area contributed by atoms with Gasteiger partial charge in [0.05, 0.1) is 0 Å². The third-order valence-electron chi connectivity index (χ3n) is 5.99. The van der Waals surface area contributed by atoms with Gasteiger partial charge in [-0.3, -0.25) is 0 Å². The molecular weight excluding hydrogens is 460 g/mol. The Hall–Kier alpha value is -1.74. The first-order valence-electron chi connectivity index (χ1n) is 14.3. The second-order valence-electron chi connectivity index (χ2n) is 10.0. The maximum atomic E-state index is 6.16. The number of nitrogens with one attached hydrogen (secondary N) is 4. The molecule has 8 N–H and O–H groups in total. The minimum atomic E-state index is 0.605. The molecule has 0 aliphatic heterocycles. The molecule has 212 valence electrons. The van der Waals surface area contributed by atoms with Gasteiger partial charge in [-0.2, -0.15) is 0 Å². The smallest absolute Gasteiger partial charge is 0.120 e. The van der Waals surface area contributed by atoms with E-state index < -0.39 is 0 Å². The molecule has 7 nitrogen and oxygen atoms in total. The van der Waals surface area contributed by atoms with Crippen LogP contribution >= 0.6 is 0 Å². The molecule has 0 saturated heterocycles. The van der Waals surface area contributed by atoms with Gasteiger partial charge in [0.1, 0.15) is 12.4 Å². The molecule has 1 aromatic rings. The van der Waals surface area contributed by atoms with E-state index in [1.807, 2.05) is 0 Å². The molecular formula is C30H56N6O. The number of benzene rings is 1. The lowest BCUT2D eigenvalue weighted by Crippen LogP contribution is -2.24. The third-order valence-corrected chi connectivity index (χ3v) is 5.99. The van der Waals surface area contributed by atoms with Crippen LogP contribution in [-0.2, 0) is 13.1 Å². The van der Waals surface area contributed by atoms with Crippen LogP contribution in [0.1, 0.15) is 70.4 Å². The molecule has 0 heterocycles. The average Bonchev–Trinajstić information content (AvgIpc) is 2.87. The summed E-state index contributed by atoms with van der Waals surface area (Å²) >= 11 is 0. The van der Waals surface area contributed by atoms with E-state index in [4.69, 9.17) is 16.2 Å². The summed E-state index contributed by atoms with van der Waals surface area (Å²) in [6, 6.07) is 6.62. The summed E-state index contributed by atoms with van der Waals surface area (Å²) in [6.45, 7) is 16.3. The molecule has 0 amide bonds. The molecule has 0 unspecified atom stereocenters. The number of hydrogen-bond acceptors (Lipinski definition) is 7. The highest BCUT2D eigenvalue weighted by atomic mass is 16.5. The summed E-state index contributed by atoms with van der Waals surface area (Å²) in [4.78, 5) is 0. The highest BCUT2D eigenvalue weighted by molar-refractivity contribution is 5.34. The van der Waals surface area contributed by atoms with Gasteiger partial charge >= 0.3 is 0 Å². The standard InChI is InChI=1S/C30H56N6O/c1-26(2)9-4-10-27(3)11-20-37-30-22-28(24-35-18-7-16-33-14-5-12-31)21-29(23-30)25-36-19-8-17-34-15-6-13-32/h9,11,21-23,33-36H,4-8,10,12-20,24-25,31-32H2,1-3H3. The van der Waals surface area contributed by atoms with Gasteiger partial charge in [-0.15, -0.1) is 0 Å². The van der Waals surface area contributed by atoms with Crippen molar-refractivity contribution in [2.45, 2.75) is 72.4 Å². The minimum Gasteiger partial charge on any atom is -0.490 e. The van der Waals surface area contributed by atoms with Crippen LogP contribution in [0.5, 0.6) is 5.75 Å². The second kappa shape index (κ2) is 23.4. The average molecular weight is 517 g/mol. The van der Waals surface area contributed by atoms with E-state index in [2.05, 4.69) is 72.4 Å². The van der Waals surface area contributed by atoms with Gasteiger partial charge in [0.2, 0.25) is 0 Å². The van der Waals surface area contributed by atoms with Crippen LogP contribution in [0, 0.1) is 0 Å². The van der Waals surface area contributed by atoms with Crippen molar-refractivity contribution in [3.05, 3.63) is 52.6 Å². The van der Waals surface area contributed by atoms with Crippen molar-refractivity contribution in [2.24, 2.45) is 11.5 Å². The Kier molecular flexibility index (Phi) is 21.0. The summed E-state index contributed by atoms with van der Waals surface area (Å²) in [6.07, 6.45) is 10.9. The van der Waals surface area contributed by atoms with Gasteiger partial charge in [0.15, 0.2) is 0 Å². The van der Waals surface area contributed by atoms with Crippen molar-refractivity contribution in [3.8, 4) is 5.75 Å². The van der Waals surface area contributed by atoms with Gasteiger partial charge in [-0.25, -0.2) is 0 Å². The zero-order chi connectivity index (χ0) is 27.0. The van der Waals surface area contributed by atoms with Crippen molar-refractivity contribution in [2.75, 3.05) is 59.0 Å². The van der Waals surface area contributed by atoms with E-state index in [0.29, 0.717) is 6.61 Å². The summed E-state index contributed by atoms with van der Waals surface area (Å²) in [5.74, 6) is 0.941. The second-order valence-corrected chi connectivity index (χ2v) is 10.0. The van der Waals surface area contributed by atoms with Crippen LogP contribution in [0.25, 0.3) is 0 Å². The Balaban J connectivity index is 2.55. The number of hydrogen-bond donors (Lipinski definition) is 6. The maximum Gasteiger partial charge on any atom is 0.120 e. The Morgan fingerprint density at radius 2 is 1.22 bits per heavy atom. The summed E-state index contributed by atoms with van der Waals surface area (Å²) in [5.41, 5.74) is 16.4. The largest absolute Gasteiger partial charge is 0.490 e. The number of nitrogens with two attached hydrogens (primary N) is 2. The zero-order valence-electron chi connectivity index (χ0n) is 24.0. The molecule has 0 aliphatic carbocycles. The predicted octanol–water partition coefficient (Wildman–Crippen LogP) is 3.59. The van der Waals surface area contributed by atoms with Crippen LogP contribution in [0.2, 0.25) is 0 Å². The van der Waals surface area contributed by atoms with Crippen LogP contribution < -0.4 is 37.5 Å². The summed E-state index contributed by atoms with van der Waals surface area (Å²) in [7, 11) is 0. The predicted molar refractivity (Wildman–Crippen MR) is 160 cm³/mol. The summed E-state index contributed by atoms with van der Waals surface area (Å²) in [5, 5.41) is 14.0. The van der Waals surface area contributed by atoms with Crippen LogP contribution in [0.3, 0.4) is 0 Å². The van der Waals surface area contributed by atoms with Crippen LogP contribution in [0.15, 0.2) is 41.5 Å². The van der Waals surface area contributed by atoms with E-state index in [9.17, 15) is 0 Å². The van der Waals surface area contributed by atoms with E-state index in [1.54, 1.807) is 0 Å². The molecule has 0 aliphatic rings. The van der Waals surface area contributed by atoms with E-state index in [0.717, 1.165) is 110 Å². The Morgan fingerprint density at radius 1 is 0.703 bits per heavy atom. The molecule has 0 fully saturated rings. The topological polar surface area (TPSA) is 109 Å². The van der Waals surface area contributed by atoms with Crippen molar-refractivity contribution >= 4 is 0 Å². The SMILES string of the molecule is CC(C)=CCCC(C)=CCOc1cc(CNCCCNCCCN)cc(CNCCCNCCCN)c1. The molecule has 1 rings (SSSR count). The van der Waals surface area contributed by atoms with Gasteiger partial charge < -0.3 is 37.5 Å². The van der Waals surface area contributed by atoms with Crippen LogP contribution in [-0.4, -0.2) is 59.0 Å². The van der Waals surface area contributed by atoms with Crippen molar-refractivity contribution in [1.29, 1.82) is 0 Å². The first-order chi connectivity index (χ1) is 18.0. The van der Waals surface area contributed by atoms with Crippen molar-refractivity contribution in [1.82, 2.24) is 21.3 Å². The third kappa shape index (κ3) is 20.0. The van der Waals surface area contributed by atoms with Gasteiger partial charge in [-0.1, -0.05) is 23.3 Å². The fourth-order valence-electron chi connectivity index (χ4n) is 3.83. The summed E-state index contributed by atoms with van der Waals surface area (Å²) < 4.78 is 6.16. The van der Waals surface area contributed by atoms with E-state index in [1.165, 1.54) is 22.3 Å². The number of allylic oxidation sites excluding steroid dienone is 3. The lowest BCUT2D eigenvalue weighted by molar-refractivity contribution is 0.360. The van der Waals surface area contributed by atoms with Crippen molar-refractivity contribution < 1.29 is 4.74 Å². The highest BCUT2D eigenvalue weighted by Crippen LogP contribution is 2.18. The lowest BCUT2D eigenvalue weighted by Gasteiger charge is -2.13.